The molecule has 27 heavy (non-hydrogen) atoms. The van der Waals surface area contributed by atoms with Gasteiger partial charge >= 0.3 is 6.18 Å². The Hall–Kier alpha value is -2.26. The maximum absolute atomic E-state index is 13.0. The third-order valence-corrected chi connectivity index (χ3v) is 4.20. The lowest BCUT2D eigenvalue weighted by Gasteiger charge is -2.26. The van der Waals surface area contributed by atoms with Crippen LogP contribution >= 0.6 is 23.2 Å². The second-order valence-corrected chi connectivity index (χ2v) is 6.44. The van der Waals surface area contributed by atoms with E-state index in [9.17, 15) is 18.0 Å². The molecule has 1 aromatic rings. The number of alkyl halides is 3. The zero-order chi connectivity index (χ0) is 20.4. The van der Waals surface area contributed by atoms with E-state index in [1.165, 1.54) is 13.1 Å². The lowest BCUT2D eigenvalue weighted by molar-refractivity contribution is -0.119. The summed E-state index contributed by atoms with van der Waals surface area (Å²) in [5, 5.41) is 15.7. The molecule has 1 aromatic carbocycles. The molecule has 1 aliphatic heterocycles. The number of ether oxygens (including phenoxy) is 1. The van der Waals surface area contributed by atoms with E-state index in [4.69, 9.17) is 33.1 Å². The van der Waals surface area contributed by atoms with Crippen LogP contribution in [0.5, 0.6) is 5.75 Å². The van der Waals surface area contributed by atoms with E-state index in [2.05, 4.69) is 10.3 Å². The number of hydrogen-bond acceptors (Lipinski definition) is 6. The van der Waals surface area contributed by atoms with Crippen LogP contribution in [0.3, 0.4) is 0 Å². The first kappa shape index (κ1) is 21.0. The predicted molar refractivity (Wildman–Crippen MR) is 94.6 cm³/mol. The molecule has 146 valence electrons. The summed E-state index contributed by atoms with van der Waals surface area (Å²) in [6.07, 6.45) is -6.34. The molecule has 0 aliphatic carbocycles. The lowest BCUT2D eigenvalue weighted by Crippen LogP contribution is -2.37. The normalized spacial score (nSPS) is 16.6. The molecule has 0 saturated heterocycles. The minimum absolute atomic E-state index is 0.170. The molecule has 6 nitrogen and oxygen atoms in total. The average molecular weight is 424 g/mol. The molecule has 1 atom stereocenters. The molecule has 2 rings (SSSR count). The van der Waals surface area contributed by atoms with E-state index in [1.54, 1.807) is 19.1 Å². The van der Waals surface area contributed by atoms with Crippen molar-refractivity contribution >= 4 is 40.9 Å². The van der Waals surface area contributed by atoms with Gasteiger partial charge in [-0.15, -0.1) is 0 Å². The molecule has 11 heteroatoms. The Labute approximate surface area is 162 Å². The quantitative estimate of drug-likeness (QED) is 0.334. The van der Waals surface area contributed by atoms with Crippen molar-refractivity contribution in [2.45, 2.75) is 25.6 Å². The van der Waals surface area contributed by atoms with Crippen LogP contribution in [0.15, 0.2) is 39.2 Å². The van der Waals surface area contributed by atoms with Gasteiger partial charge < -0.3 is 9.94 Å². The summed E-state index contributed by atoms with van der Waals surface area (Å²) in [6, 6.07) is 4.61. The number of rotatable bonds is 5. The standard InChI is InChI=1S/C16H14Cl2F3N3O3/c1-8-3-9(17)5-10(4-8)27-12(7-22-26)14(25)11-6-13(16(19,20)21)23-24(2)15(11)18/h3-5,7,12,26H,6H2,1-2H3/b22-7-. The number of aryl methyl sites for hydroxylation is 1. The molecule has 1 aliphatic rings. The van der Waals surface area contributed by atoms with Gasteiger partial charge in [0.25, 0.3) is 0 Å². The van der Waals surface area contributed by atoms with Crippen molar-refractivity contribution in [2.75, 3.05) is 7.05 Å². The number of carbonyl (C=O) groups is 1. The minimum atomic E-state index is -4.73. The van der Waals surface area contributed by atoms with Gasteiger partial charge in [0, 0.05) is 24.1 Å². The maximum atomic E-state index is 13.0. The van der Waals surface area contributed by atoms with Crippen molar-refractivity contribution in [1.82, 2.24) is 5.01 Å². The van der Waals surface area contributed by atoms with Crippen LogP contribution in [0.4, 0.5) is 13.2 Å². The maximum Gasteiger partial charge on any atom is 0.431 e. The lowest BCUT2D eigenvalue weighted by atomic mass is 10.0. The molecule has 1 heterocycles. The minimum Gasteiger partial charge on any atom is -0.476 e. The third-order valence-electron chi connectivity index (χ3n) is 3.51. The zero-order valence-corrected chi connectivity index (χ0v) is 15.6. The van der Waals surface area contributed by atoms with Crippen molar-refractivity contribution in [1.29, 1.82) is 0 Å². The zero-order valence-electron chi connectivity index (χ0n) is 14.1. The van der Waals surface area contributed by atoms with Crippen LogP contribution in [0.1, 0.15) is 12.0 Å². The van der Waals surface area contributed by atoms with Crippen LogP contribution in [0.25, 0.3) is 0 Å². The first-order valence-corrected chi connectivity index (χ1v) is 8.21. The highest BCUT2D eigenvalue weighted by Gasteiger charge is 2.41. The number of Topliss-reactive ketones (excluding diaryl/α,β-unsaturated/α-hetero) is 1. The number of benzene rings is 1. The van der Waals surface area contributed by atoms with Crippen LogP contribution in [0.2, 0.25) is 5.02 Å². The van der Waals surface area contributed by atoms with Gasteiger partial charge in [-0.05, 0) is 30.7 Å². The van der Waals surface area contributed by atoms with E-state index in [0.717, 1.165) is 16.8 Å². The van der Waals surface area contributed by atoms with Crippen LogP contribution in [-0.2, 0) is 4.79 Å². The van der Waals surface area contributed by atoms with Crippen molar-refractivity contribution in [3.63, 3.8) is 0 Å². The molecule has 0 saturated carbocycles. The van der Waals surface area contributed by atoms with Crippen molar-refractivity contribution in [3.05, 3.63) is 39.5 Å². The Bertz CT molecular complexity index is 818. The van der Waals surface area contributed by atoms with Crippen LogP contribution in [-0.4, -0.2) is 47.3 Å². The number of hydrazone groups is 1. The number of halogens is 5. The highest BCUT2D eigenvalue weighted by Crippen LogP contribution is 2.31. The fourth-order valence-electron chi connectivity index (χ4n) is 2.34. The molecule has 0 radical (unpaired) electrons. The number of ketones is 1. The SMILES string of the molecule is Cc1cc(Cl)cc(OC(/C=N\O)C(=O)C2=C(Cl)N(C)N=C(C(F)(F)F)C2)c1. The van der Waals surface area contributed by atoms with Gasteiger partial charge in [0.2, 0.25) is 5.78 Å². The van der Waals surface area contributed by atoms with Crippen LogP contribution < -0.4 is 4.74 Å². The molecular weight excluding hydrogens is 410 g/mol. The second kappa shape index (κ2) is 8.18. The van der Waals surface area contributed by atoms with E-state index in [-0.39, 0.29) is 16.5 Å². The third kappa shape index (κ3) is 5.14. The summed E-state index contributed by atoms with van der Waals surface area (Å²) in [4.78, 5) is 12.7. The predicted octanol–water partition coefficient (Wildman–Crippen LogP) is 4.13. The first-order chi connectivity index (χ1) is 12.5. The number of carbonyl (C=O) groups excluding carboxylic acids is 1. The van der Waals surface area contributed by atoms with Gasteiger partial charge in [-0.2, -0.15) is 18.3 Å². The molecule has 0 aromatic heterocycles. The molecule has 0 amide bonds. The summed E-state index contributed by atoms with van der Waals surface area (Å²) in [5.74, 6) is -0.734. The molecule has 1 unspecified atom stereocenters. The molecule has 1 N–H and O–H groups in total. The summed E-state index contributed by atoms with van der Waals surface area (Å²) >= 11 is 11.9. The van der Waals surface area contributed by atoms with Crippen molar-refractivity contribution in [3.8, 4) is 5.75 Å². The van der Waals surface area contributed by atoms with Crippen molar-refractivity contribution in [2.24, 2.45) is 10.3 Å². The summed E-state index contributed by atoms with van der Waals surface area (Å²) in [5.41, 5.74) is -0.827. The van der Waals surface area contributed by atoms with Gasteiger partial charge in [-0.1, -0.05) is 28.4 Å². The number of oxime groups is 1. The highest BCUT2D eigenvalue weighted by atomic mass is 35.5. The Morgan fingerprint density at radius 1 is 1.41 bits per heavy atom. The largest absolute Gasteiger partial charge is 0.476 e. The fraction of sp³-hybridized carbons (Fsp3) is 0.312. The van der Waals surface area contributed by atoms with E-state index >= 15 is 0 Å². The van der Waals surface area contributed by atoms with Gasteiger partial charge in [0.15, 0.2) is 6.10 Å². The van der Waals surface area contributed by atoms with E-state index in [0.29, 0.717) is 5.02 Å². The Balaban J connectivity index is 2.34. The summed E-state index contributed by atoms with van der Waals surface area (Å²) < 4.78 is 44.5. The molecule has 0 bridgehead atoms. The first-order valence-electron chi connectivity index (χ1n) is 7.45. The van der Waals surface area contributed by atoms with Gasteiger partial charge in [0.05, 0.1) is 6.21 Å². The summed E-state index contributed by atoms with van der Waals surface area (Å²) in [6.45, 7) is 1.73. The van der Waals surface area contributed by atoms with Gasteiger partial charge in [-0.25, -0.2) is 0 Å². The van der Waals surface area contributed by atoms with Gasteiger partial charge in [0.1, 0.15) is 16.6 Å². The number of hydrogen-bond donors (Lipinski definition) is 1. The van der Waals surface area contributed by atoms with Crippen LogP contribution in [0, 0.1) is 6.92 Å². The topological polar surface area (TPSA) is 74.5 Å². The van der Waals surface area contributed by atoms with E-state index < -0.39 is 30.2 Å². The van der Waals surface area contributed by atoms with E-state index in [1.807, 2.05) is 0 Å². The van der Waals surface area contributed by atoms with Crippen molar-refractivity contribution < 1.29 is 27.9 Å². The molecule has 0 spiro atoms. The monoisotopic (exact) mass is 423 g/mol. The Kier molecular flexibility index (Phi) is 6.38. The Morgan fingerprint density at radius 3 is 2.63 bits per heavy atom. The molecule has 0 fully saturated rings. The second-order valence-electron chi connectivity index (χ2n) is 5.65. The number of nitrogens with zero attached hydrogens (tertiary/aromatic N) is 3. The highest BCUT2D eigenvalue weighted by molar-refractivity contribution is 6.33. The Morgan fingerprint density at radius 2 is 2.07 bits per heavy atom. The van der Waals surface area contributed by atoms with Gasteiger partial charge in [-0.3, -0.25) is 9.80 Å². The fourth-order valence-corrected chi connectivity index (χ4v) is 2.82. The smallest absolute Gasteiger partial charge is 0.431 e. The average Bonchev–Trinajstić information content (AvgIpc) is 2.54. The summed E-state index contributed by atoms with van der Waals surface area (Å²) in [7, 11) is 1.18. The molecular formula is C16H14Cl2F3N3O3.